The molecule has 1 saturated carbocycles. The van der Waals surface area contributed by atoms with Crippen molar-refractivity contribution in [3.8, 4) is 0 Å². The number of rotatable bonds is 3. The quantitative estimate of drug-likeness (QED) is 0.879. The number of likely N-dealkylation sites (tertiary alicyclic amines) is 2. The molecule has 6 heteroatoms. The van der Waals surface area contributed by atoms with Crippen molar-refractivity contribution in [2.75, 3.05) is 33.2 Å². The molecule has 1 spiro atoms. The van der Waals surface area contributed by atoms with E-state index in [-0.39, 0.29) is 28.6 Å². The van der Waals surface area contributed by atoms with Crippen LogP contribution in [0.2, 0.25) is 0 Å². The van der Waals surface area contributed by atoms with Crippen LogP contribution in [0.25, 0.3) is 0 Å². The Hall–Kier alpha value is -1.95. The first kappa shape index (κ1) is 18.4. The zero-order chi connectivity index (χ0) is 19.1. The molecule has 2 amide bonds. The van der Waals surface area contributed by atoms with E-state index in [0.717, 1.165) is 51.9 Å². The van der Waals surface area contributed by atoms with Gasteiger partial charge in [-0.1, -0.05) is 6.07 Å². The second-order valence-electron chi connectivity index (χ2n) is 8.69. The molecule has 3 fully saturated rings. The maximum Gasteiger partial charge on any atom is 0.228 e. The van der Waals surface area contributed by atoms with Crippen LogP contribution in [0.1, 0.15) is 38.2 Å². The maximum atomic E-state index is 12.9. The number of fused-ring (bicyclic) bond motifs is 2. The highest BCUT2D eigenvalue weighted by atomic mass is 16.2. The van der Waals surface area contributed by atoms with Crippen LogP contribution in [-0.4, -0.2) is 59.8 Å². The number of amides is 2. The fourth-order valence-corrected chi connectivity index (χ4v) is 5.93. The van der Waals surface area contributed by atoms with Crippen LogP contribution in [0.4, 0.5) is 0 Å². The van der Waals surface area contributed by atoms with E-state index in [1.807, 2.05) is 23.4 Å². The van der Waals surface area contributed by atoms with E-state index in [1.54, 1.807) is 14.0 Å². The lowest BCUT2D eigenvalue weighted by Crippen LogP contribution is -2.48. The average molecular weight is 370 g/mol. The number of carbonyl (C=O) groups is 2. The van der Waals surface area contributed by atoms with E-state index >= 15 is 0 Å². The van der Waals surface area contributed by atoms with Gasteiger partial charge in [0, 0.05) is 46.0 Å². The van der Waals surface area contributed by atoms with Crippen LogP contribution in [0.5, 0.6) is 0 Å². The number of piperidine rings is 1. The monoisotopic (exact) mass is 370 g/mol. The molecule has 3 aliphatic rings. The van der Waals surface area contributed by atoms with Crippen molar-refractivity contribution < 1.29 is 9.59 Å². The highest BCUT2D eigenvalue weighted by Crippen LogP contribution is 2.62. The first-order valence-corrected chi connectivity index (χ1v) is 10.1. The molecule has 4 rings (SSSR count). The standard InChI is InChI=1S/C21H30N4O2/c1-16(26)25-14-18-20(5-6-21(18,15-25)19(27)22-2)7-10-24(11-8-20)13-17-4-3-9-23-12-17/h3-4,9,12,18H,5-8,10-11,13-15H2,1-2H3,(H,22,27)/t18-,21+/m0/s1. The van der Waals surface area contributed by atoms with E-state index in [9.17, 15) is 9.59 Å². The lowest BCUT2D eigenvalue weighted by atomic mass is 9.65. The molecule has 146 valence electrons. The van der Waals surface area contributed by atoms with Gasteiger partial charge in [-0.15, -0.1) is 0 Å². The second kappa shape index (κ2) is 6.89. The minimum absolute atomic E-state index is 0.0943. The predicted molar refractivity (Wildman–Crippen MR) is 103 cm³/mol. The van der Waals surface area contributed by atoms with E-state index in [1.165, 1.54) is 5.56 Å². The Kier molecular flexibility index (Phi) is 4.70. The second-order valence-corrected chi connectivity index (χ2v) is 8.69. The van der Waals surface area contributed by atoms with Gasteiger partial charge in [-0.3, -0.25) is 19.5 Å². The fourth-order valence-electron chi connectivity index (χ4n) is 5.93. The SMILES string of the molecule is CNC(=O)[C@@]12CCC3(CCN(Cc4cccnc4)CC3)[C@@H]1CN(C(C)=O)C2. The summed E-state index contributed by atoms with van der Waals surface area (Å²) in [6.07, 6.45) is 8.00. The van der Waals surface area contributed by atoms with Crippen LogP contribution in [0, 0.1) is 16.7 Å². The summed E-state index contributed by atoms with van der Waals surface area (Å²) < 4.78 is 0. The Bertz CT molecular complexity index is 714. The zero-order valence-electron chi connectivity index (χ0n) is 16.4. The molecule has 0 aromatic carbocycles. The summed E-state index contributed by atoms with van der Waals surface area (Å²) in [4.78, 5) is 33.5. The van der Waals surface area contributed by atoms with Gasteiger partial charge in [0.2, 0.25) is 11.8 Å². The Labute approximate surface area is 161 Å². The van der Waals surface area contributed by atoms with Crippen LogP contribution in [0.3, 0.4) is 0 Å². The van der Waals surface area contributed by atoms with Gasteiger partial charge in [0.25, 0.3) is 0 Å². The van der Waals surface area contributed by atoms with Gasteiger partial charge in [0.15, 0.2) is 0 Å². The van der Waals surface area contributed by atoms with Crippen LogP contribution < -0.4 is 5.32 Å². The van der Waals surface area contributed by atoms with Gasteiger partial charge in [-0.25, -0.2) is 0 Å². The first-order chi connectivity index (χ1) is 13.0. The Balaban J connectivity index is 1.49. The molecule has 1 aromatic heterocycles. The molecule has 3 heterocycles. The van der Waals surface area contributed by atoms with Gasteiger partial charge in [-0.05, 0) is 61.7 Å². The highest BCUT2D eigenvalue weighted by molar-refractivity contribution is 5.85. The lowest BCUT2D eigenvalue weighted by Gasteiger charge is -2.44. The fraction of sp³-hybridized carbons (Fsp3) is 0.667. The summed E-state index contributed by atoms with van der Waals surface area (Å²) in [6.45, 7) is 6.00. The summed E-state index contributed by atoms with van der Waals surface area (Å²) >= 11 is 0. The number of nitrogens with zero attached hydrogens (tertiary/aromatic N) is 3. The molecule has 2 atom stereocenters. The number of hydrogen-bond donors (Lipinski definition) is 1. The molecule has 0 bridgehead atoms. The van der Waals surface area contributed by atoms with E-state index < -0.39 is 0 Å². The minimum Gasteiger partial charge on any atom is -0.359 e. The van der Waals surface area contributed by atoms with Crippen molar-refractivity contribution in [1.29, 1.82) is 0 Å². The third-order valence-electron chi connectivity index (χ3n) is 7.46. The van der Waals surface area contributed by atoms with Crippen LogP contribution in [-0.2, 0) is 16.1 Å². The lowest BCUT2D eigenvalue weighted by molar-refractivity contribution is -0.133. The van der Waals surface area contributed by atoms with Crippen molar-refractivity contribution in [3.05, 3.63) is 30.1 Å². The third-order valence-corrected chi connectivity index (χ3v) is 7.46. The molecule has 2 saturated heterocycles. The summed E-state index contributed by atoms with van der Waals surface area (Å²) in [6, 6.07) is 4.12. The molecule has 6 nitrogen and oxygen atoms in total. The number of carbonyl (C=O) groups excluding carboxylic acids is 2. The smallest absolute Gasteiger partial charge is 0.228 e. The van der Waals surface area contributed by atoms with E-state index in [2.05, 4.69) is 21.3 Å². The van der Waals surface area contributed by atoms with Gasteiger partial charge in [0.05, 0.1) is 5.41 Å². The molecule has 1 aliphatic carbocycles. The number of pyridine rings is 1. The van der Waals surface area contributed by atoms with Crippen molar-refractivity contribution in [3.63, 3.8) is 0 Å². The molecule has 2 aliphatic heterocycles. The van der Waals surface area contributed by atoms with Gasteiger partial charge in [-0.2, -0.15) is 0 Å². The van der Waals surface area contributed by atoms with E-state index in [4.69, 9.17) is 0 Å². The Morgan fingerprint density at radius 3 is 2.67 bits per heavy atom. The molecular formula is C21H30N4O2. The molecular weight excluding hydrogens is 340 g/mol. The van der Waals surface area contributed by atoms with Crippen molar-refractivity contribution in [2.45, 2.75) is 39.2 Å². The average Bonchev–Trinajstić information content (AvgIpc) is 3.22. The van der Waals surface area contributed by atoms with Crippen molar-refractivity contribution >= 4 is 11.8 Å². The maximum absolute atomic E-state index is 12.9. The first-order valence-electron chi connectivity index (χ1n) is 10.1. The largest absolute Gasteiger partial charge is 0.359 e. The molecule has 27 heavy (non-hydrogen) atoms. The molecule has 1 N–H and O–H groups in total. The van der Waals surface area contributed by atoms with Crippen LogP contribution >= 0.6 is 0 Å². The summed E-state index contributed by atoms with van der Waals surface area (Å²) in [5, 5.41) is 2.90. The predicted octanol–water partition coefficient (Wildman–Crippen LogP) is 1.67. The van der Waals surface area contributed by atoms with Crippen molar-refractivity contribution in [1.82, 2.24) is 20.1 Å². The molecule has 0 radical (unpaired) electrons. The number of nitrogens with one attached hydrogen (secondary N) is 1. The normalized spacial score (nSPS) is 29.7. The van der Waals surface area contributed by atoms with E-state index in [0.29, 0.717) is 6.54 Å². The molecule has 1 aromatic rings. The van der Waals surface area contributed by atoms with Gasteiger partial charge in [0.1, 0.15) is 0 Å². The highest BCUT2D eigenvalue weighted by Gasteiger charge is 2.64. The number of aromatic nitrogens is 1. The van der Waals surface area contributed by atoms with Gasteiger partial charge >= 0.3 is 0 Å². The minimum atomic E-state index is -0.383. The third kappa shape index (κ3) is 3.04. The Morgan fingerprint density at radius 2 is 2.04 bits per heavy atom. The van der Waals surface area contributed by atoms with Crippen molar-refractivity contribution in [2.24, 2.45) is 16.7 Å². The molecule has 0 unspecified atom stereocenters. The summed E-state index contributed by atoms with van der Waals surface area (Å²) in [7, 11) is 1.73. The Morgan fingerprint density at radius 1 is 1.26 bits per heavy atom. The number of hydrogen-bond acceptors (Lipinski definition) is 4. The zero-order valence-corrected chi connectivity index (χ0v) is 16.4. The van der Waals surface area contributed by atoms with Crippen LogP contribution in [0.15, 0.2) is 24.5 Å². The van der Waals surface area contributed by atoms with Gasteiger partial charge < -0.3 is 10.2 Å². The summed E-state index contributed by atoms with van der Waals surface area (Å²) in [5.74, 6) is 0.511. The topological polar surface area (TPSA) is 65.5 Å². The summed E-state index contributed by atoms with van der Waals surface area (Å²) in [5.41, 5.74) is 1.07.